The largest absolute Gasteiger partial charge is 0.361 e. The molecule has 2 saturated heterocycles. The Hall–Kier alpha value is -1.46. The summed E-state index contributed by atoms with van der Waals surface area (Å²) in [5.41, 5.74) is 2.54. The molecule has 2 aliphatic heterocycles. The van der Waals surface area contributed by atoms with E-state index in [1.165, 1.54) is 16.5 Å². The third-order valence-corrected chi connectivity index (χ3v) is 5.52. The van der Waals surface area contributed by atoms with Crippen LogP contribution in [0.4, 0.5) is 0 Å². The van der Waals surface area contributed by atoms with Crippen molar-refractivity contribution in [2.24, 2.45) is 0 Å². The first-order valence-electron chi connectivity index (χ1n) is 7.49. The normalized spacial score (nSPS) is 25.8. The second-order valence-electron chi connectivity index (χ2n) is 5.83. The van der Waals surface area contributed by atoms with Crippen molar-refractivity contribution in [1.29, 1.82) is 0 Å². The van der Waals surface area contributed by atoms with E-state index >= 15 is 0 Å². The molecule has 4 nitrogen and oxygen atoms in total. The molecule has 2 fully saturated rings. The fraction of sp³-hybridized carbons (Fsp3) is 0.438. The molecule has 5 heteroatoms. The monoisotopic (exact) mass is 301 g/mol. The number of aromatic nitrogens is 1. The van der Waals surface area contributed by atoms with Crippen molar-refractivity contribution in [3.63, 3.8) is 0 Å². The standard InChI is InChI=1S/C16H19N3OS/c20-16(15-9-21-10-18-15)19-6-5-11(8-19)13-7-17-14-4-2-1-3-12(13)14/h1-4,7,11,15,17-18H,5-6,8-10H2. The van der Waals surface area contributed by atoms with Gasteiger partial charge in [-0.25, -0.2) is 0 Å². The number of nitrogens with zero attached hydrogens (tertiary/aromatic N) is 1. The average molecular weight is 301 g/mol. The fourth-order valence-corrected chi connectivity index (χ4v) is 4.35. The molecule has 1 aromatic carbocycles. The summed E-state index contributed by atoms with van der Waals surface area (Å²) in [7, 11) is 0. The van der Waals surface area contributed by atoms with Crippen LogP contribution in [-0.4, -0.2) is 46.6 Å². The highest BCUT2D eigenvalue weighted by Crippen LogP contribution is 2.32. The third kappa shape index (κ3) is 2.34. The van der Waals surface area contributed by atoms with Gasteiger partial charge in [0.25, 0.3) is 0 Å². The fourth-order valence-electron chi connectivity index (χ4n) is 3.42. The highest BCUT2D eigenvalue weighted by Gasteiger charge is 2.33. The Labute approximate surface area is 128 Å². The van der Waals surface area contributed by atoms with Crippen LogP contribution in [0.2, 0.25) is 0 Å². The second-order valence-corrected chi connectivity index (χ2v) is 6.86. The lowest BCUT2D eigenvalue weighted by Crippen LogP contribution is -2.43. The Kier molecular flexibility index (Phi) is 3.39. The summed E-state index contributed by atoms with van der Waals surface area (Å²) < 4.78 is 0. The number of aromatic amines is 1. The minimum absolute atomic E-state index is 0.0247. The molecule has 4 rings (SSSR count). The van der Waals surface area contributed by atoms with Crippen LogP contribution in [0.3, 0.4) is 0 Å². The Morgan fingerprint density at radius 1 is 1.33 bits per heavy atom. The van der Waals surface area contributed by atoms with Crippen LogP contribution >= 0.6 is 11.8 Å². The van der Waals surface area contributed by atoms with Crippen molar-refractivity contribution in [1.82, 2.24) is 15.2 Å². The van der Waals surface area contributed by atoms with E-state index in [0.717, 1.165) is 31.1 Å². The van der Waals surface area contributed by atoms with Crippen molar-refractivity contribution in [3.05, 3.63) is 36.0 Å². The lowest BCUT2D eigenvalue weighted by atomic mass is 9.98. The van der Waals surface area contributed by atoms with E-state index in [0.29, 0.717) is 5.92 Å². The number of benzene rings is 1. The minimum Gasteiger partial charge on any atom is -0.361 e. The van der Waals surface area contributed by atoms with E-state index in [9.17, 15) is 4.79 Å². The van der Waals surface area contributed by atoms with Crippen LogP contribution in [0, 0.1) is 0 Å². The molecule has 1 aromatic heterocycles. The Balaban J connectivity index is 1.52. The summed E-state index contributed by atoms with van der Waals surface area (Å²) in [6.45, 7) is 1.73. The second kappa shape index (κ2) is 5.39. The van der Waals surface area contributed by atoms with Gasteiger partial charge in [0.1, 0.15) is 0 Å². The van der Waals surface area contributed by atoms with Gasteiger partial charge in [-0.1, -0.05) is 18.2 Å². The van der Waals surface area contributed by atoms with Crippen LogP contribution in [0.5, 0.6) is 0 Å². The van der Waals surface area contributed by atoms with E-state index in [4.69, 9.17) is 0 Å². The maximum absolute atomic E-state index is 12.5. The van der Waals surface area contributed by atoms with Gasteiger partial charge in [0.15, 0.2) is 0 Å². The van der Waals surface area contributed by atoms with Gasteiger partial charge in [-0.05, 0) is 18.1 Å². The number of carbonyl (C=O) groups excluding carboxylic acids is 1. The van der Waals surface area contributed by atoms with Crippen molar-refractivity contribution in [2.45, 2.75) is 18.4 Å². The van der Waals surface area contributed by atoms with E-state index in [1.54, 1.807) is 11.8 Å². The van der Waals surface area contributed by atoms with Gasteiger partial charge in [0.05, 0.1) is 6.04 Å². The smallest absolute Gasteiger partial charge is 0.240 e. The molecular weight excluding hydrogens is 282 g/mol. The Morgan fingerprint density at radius 3 is 3.10 bits per heavy atom. The minimum atomic E-state index is 0.0247. The highest BCUT2D eigenvalue weighted by molar-refractivity contribution is 7.99. The average Bonchev–Trinajstić information content (AvgIpc) is 3.25. The number of hydrogen-bond acceptors (Lipinski definition) is 3. The Morgan fingerprint density at radius 2 is 2.24 bits per heavy atom. The number of H-pyrrole nitrogens is 1. The molecular formula is C16H19N3OS. The number of carbonyl (C=O) groups is 1. The molecule has 0 radical (unpaired) electrons. The van der Waals surface area contributed by atoms with Gasteiger partial charge in [-0.2, -0.15) is 0 Å². The summed E-state index contributed by atoms with van der Waals surface area (Å²) in [6, 6.07) is 8.43. The molecule has 0 aliphatic carbocycles. The van der Waals surface area contributed by atoms with Gasteiger partial charge >= 0.3 is 0 Å². The SMILES string of the molecule is O=C(C1CSCN1)N1CCC(c2c[nH]c3ccccc23)C1. The summed E-state index contributed by atoms with van der Waals surface area (Å²) in [5, 5.41) is 4.58. The molecule has 21 heavy (non-hydrogen) atoms. The highest BCUT2D eigenvalue weighted by atomic mass is 32.2. The van der Waals surface area contributed by atoms with Crippen LogP contribution < -0.4 is 5.32 Å². The van der Waals surface area contributed by atoms with Crippen molar-refractivity contribution in [3.8, 4) is 0 Å². The van der Waals surface area contributed by atoms with Gasteiger partial charge in [-0.15, -0.1) is 11.8 Å². The summed E-state index contributed by atoms with van der Waals surface area (Å²) >= 11 is 1.81. The zero-order valence-corrected chi connectivity index (χ0v) is 12.7. The topological polar surface area (TPSA) is 48.1 Å². The summed E-state index contributed by atoms with van der Waals surface area (Å²) in [5.74, 6) is 2.55. The van der Waals surface area contributed by atoms with Crippen LogP contribution in [0.25, 0.3) is 10.9 Å². The van der Waals surface area contributed by atoms with Crippen molar-refractivity contribution >= 4 is 28.6 Å². The first-order valence-corrected chi connectivity index (χ1v) is 8.64. The molecule has 2 aliphatic rings. The molecule has 2 N–H and O–H groups in total. The molecule has 2 unspecified atom stereocenters. The van der Waals surface area contributed by atoms with Crippen molar-refractivity contribution in [2.75, 3.05) is 24.7 Å². The molecule has 2 aromatic rings. The van der Waals surface area contributed by atoms with Gasteiger partial charge in [-0.3, -0.25) is 10.1 Å². The number of amides is 1. The van der Waals surface area contributed by atoms with Gasteiger partial charge in [0.2, 0.25) is 5.91 Å². The van der Waals surface area contributed by atoms with E-state index in [2.05, 4.69) is 40.8 Å². The van der Waals surface area contributed by atoms with Gasteiger partial charge in [0, 0.05) is 47.7 Å². The molecule has 3 heterocycles. The van der Waals surface area contributed by atoms with Gasteiger partial charge < -0.3 is 9.88 Å². The quantitative estimate of drug-likeness (QED) is 0.893. The molecule has 1 amide bonds. The van der Waals surface area contributed by atoms with Crippen LogP contribution in [0.15, 0.2) is 30.5 Å². The van der Waals surface area contributed by atoms with E-state index in [1.807, 2.05) is 4.90 Å². The molecule has 0 saturated carbocycles. The number of rotatable bonds is 2. The summed E-state index contributed by atoms with van der Waals surface area (Å²) in [6.07, 6.45) is 3.18. The maximum atomic E-state index is 12.5. The van der Waals surface area contributed by atoms with Crippen LogP contribution in [-0.2, 0) is 4.79 Å². The molecule has 0 spiro atoms. The van der Waals surface area contributed by atoms with Crippen molar-refractivity contribution < 1.29 is 4.79 Å². The number of hydrogen-bond donors (Lipinski definition) is 2. The van der Waals surface area contributed by atoms with Crippen LogP contribution in [0.1, 0.15) is 17.9 Å². The maximum Gasteiger partial charge on any atom is 0.240 e. The summed E-state index contributed by atoms with van der Waals surface area (Å²) in [4.78, 5) is 17.9. The van der Waals surface area contributed by atoms with E-state index in [-0.39, 0.29) is 11.9 Å². The van der Waals surface area contributed by atoms with E-state index < -0.39 is 0 Å². The predicted octanol–water partition coefficient (Wildman–Crippen LogP) is 2.15. The zero-order chi connectivity index (χ0) is 14.2. The number of nitrogens with one attached hydrogen (secondary N) is 2. The molecule has 2 atom stereocenters. The number of para-hydroxylation sites is 1. The number of thioether (sulfide) groups is 1. The molecule has 0 bridgehead atoms. The molecule has 110 valence electrons. The Bertz CT molecular complexity index is 662. The zero-order valence-electron chi connectivity index (χ0n) is 11.8. The predicted molar refractivity (Wildman–Crippen MR) is 86.5 cm³/mol. The lowest BCUT2D eigenvalue weighted by Gasteiger charge is -2.20. The number of fused-ring (bicyclic) bond motifs is 1. The first kappa shape index (κ1) is 13.2. The number of likely N-dealkylation sites (tertiary alicyclic amines) is 1. The lowest BCUT2D eigenvalue weighted by molar-refractivity contribution is -0.131. The first-order chi connectivity index (χ1) is 10.3. The third-order valence-electron chi connectivity index (χ3n) is 4.58.